The van der Waals surface area contributed by atoms with Crippen molar-refractivity contribution in [3.8, 4) is 0 Å². The van der Waals surface area contributed by atoms with E-state index in [4.69, 9.17) is 23.7 Å². The third-order valence-electron chi connectivity index (χ3n) is 7.96. The summed E-state index contributed by atoms with van der Waals surface area (Å²) >= 11 is 0. The first-order valence-electron chi connectivity index (χ1n) is 14.3. The van der Waals surface area contributed by atoms with E-state index in [0.717, 1.165) is 84.2 Å². The number of ether oxygens (including phenoxy) is 5. The van der Waals surface area contributed by atoms with Crippen LogP contribution in [0.2, 0.25) is 0 Å². The minimum Gasteiger partial charge on any atom is -0.381 e. The molecule has 3 rings (SSSR count). The molecule has 6 heteroatoms. The standard InChI is InChI=1S/C30H50O6/c1-23(2)7-9-28(31)24(3)6-5-16-30(4)29(36-27-14-19-33-20-15-27)10-8-25(22-35-30)11-21-34-26-12-17-32-18-13-26/h7,11,24,26-27,29H,5-6,8-10,12-22H2,1-4H3/b25-11+/t24?,29-,30+/m1/s1. The third-order valence-corrected chi connectivity index (χ3v) is 7.96. The van der Waals surface area contributed by atoms with Gasteiger partial charge in [0.25, 0.3) is 0 Å². The molecule has 0 bridgehead atoms. The molecule has 3 aliphatic heterocycles. The second-order valence-electron chi connectivity index (χ2n) is 11.3. The summed E-state index contributed by atoms with van der Waals surface area (Å²) in [5.74, 6) is 0.399. The number of carbonyl (C=O) groups is 1. The van der Waals surface area contributed by atoms with Crippen LogP contribution in [-0.2, 0) is 28.5 Å². The Labute approximate surface area is 219 Å². The summed E-state index contributed by atoms with van der Waals surface area (Å²) < 4.78 is 30.4. The number of Topliss-reactive ketones (excluding diaryl/α,β-unsaturated/α-hetero) is 1. The zero-order chi connectivity index (χ0) is 25.8. The van der Waals surface area contributed by atoms with E-state index in [0.29, 0.717) is 31.5 Å². The Bertz CT molecular complexity index is 715. The number of ketones is 1. The van der Waals surface area contributed by atoms with Gasteiger partial charge in [0.1, 0.15) is 5.78 Å². The van der Waals surface area contributed by atoms with Crippen LogP contribution in [0.25, 0.3) is 0 Å². The Morgan fingerprint density at radius 3 is 2.39 bits per heavy atom. The molecule has 0 aromatic rings. The number of hydrogen-bond donors (Lipinski definition) is 0. The lowest BCUT2D eigenvalue weighted by Gasteiger charge is -2.39. The van der Waals surface area contributed by atoms with Crippen LogP contribution in [0.1, 0.15) is 91.9 Å². The van der Waals surface area contributed by atoms with Gasteiger partial charge in [0.15, 0.2) is 0 Å². The van der Waals surface area contributed by atoms with E-state index >= 15 is 0 Å². The summed E-state index contributed by atoms with van der Waals surface area (Å²) in [6, 6.07) is 0. The smallest absolute Gasteiger partial charge is 0.139 e. The summed E-state index contributed by atoms with van der Waals surface area (Å²) in [5, 5.41) is 0. The van der Waals surface area contributed by atoms with Crippen LogP contribution >= 0.6 is 0 Å². The number of hydrogen-bond acceptors (Lipinski definition) is 6. The van der Waals surface area contributed by atoms with Crippen LogP contribution in [-0.4, -0.2) is 69.3 Å². The molecule has 36 heavy (non-hydrogen) atoms. The van der Waals surface area contributed by atoms with Crippen molar-refractivity contribution in [1.82, 2.24) is 0 Å². The Balaban J connectivity index is 1.56. The normalized spacial score (nSPS) is 28.6. The van der Waals surface area contributed by atoms with Crippen molar-refractivity contribution in [2.24, 2.45) is 5.92 Å². The Morgan fingerprint density at radius 2 is 1.72 bits per heavy atom. The van der Waals surface area contributed by atoms with E-state index < -0.39 is 0 Å². The lowest BCUT2D eigenvalue weighted by atomic mass is 9.87. The van der Waals surface area contributed by atoms with Gasteiger partial charge in [-0.3, -0.25) is 4.79 Å². The van der Waals surface area contributed by atoms with Gasteiger partial charge < -0.3 is 23.7 Å². The third kappa shape index (κ3) is 10.0. The van der Waals surface area contributed by atoms with Crippen molar-refractivity contribution in [3.05, 3.63) is 23.3 Å². The van der Waals surface area contributed by atoms with Crippen LogP contribution in [0.5, 0.6) is 0 Å². The minimum atomic E-state index is -0.363. The molecule has 6 nitrogen and oxygen atoms in total. The van der Waals surface area contributed by atoms with Gasteiger partial charge in [0.2, 0.25) is 0 Å². The van der Waals surface area contributed by atoms with Gasteiger partial charge in [0, 0.05) is 38.8 Å². The lowest BCUT2D eigenvalue weighted by Crippen LogP contribution is -2.45. The zero-order valence-electron chi connectivity index (χ0n) is 23.2. The molecule has 3 heterocycles. The highest BCUT2D eigenvalue weighted by Gasteiger charge is 2.39. The van der Waals surface area contributed by atoms with Gasteiger partial charge >= 0.3 is 0 Å². The van der Waals surface area contributed by atoms with Crippen LogP contribution in [0.3, 0.4) is 0 Å². The van der Waals surface area contributed by atoms with Crippen LogP contribution < -0.4 is 0 Å². The van der Waals surface area contributed by atoms with E-state index in [2.05, 4.69) is 19.9 Å². The van der Waals surface area contributed by atoms with Crippen molar-refractivity contribution in [2.45, 2.75) is 116 Å². The summed E-state index contributed by atoms with van der Waals surface area (Å²) in [6.45, 7) is 12.8. The molecule has 206 valence electrons. The van der Waals surface area contributed by atoms with E-state index in [-0.39, 0.29) is 23.7 Å². The maximum absolute atomic E-state index is 12.5. The highest BCUT2D eigenvalue weighted by Crippen LogP contribution is 2.35. The fraction of sp³-hybridized carbons (Fsp3) is 0.833. The molecular weight excluding hydrogens is 456 g/mol. The van der Waals surface area contributed by atoms with Crippen LogP contribution in [0.4, 0.5) is 0 Å². The number of carbonyl (C=O) groups excluding carboxylic acids is 1. The number of rotatable bonds is 12. The van der Waals surface area contributed by atoms with Crippen LogP contribution in [0, 0.1) is 5.92 Å². The molecule has 0 amide bonds. The highest BCUT2D eigenvalue weighted by atomic mass is 16.6. The molecule has 1 unspecified atom stereocenters. The average molecular weight is 507 g/mol. The number of allylic oxidation sites excluding steroid dienone is 2. The minimum absolute atomic E-state index is 0.0413. The predicted octanol–water partition coefficient (Wildman–Crippen LogP) is 5.97. The molecule has 0 N–H and O–H groups in total. The van der Waals surface area contributed by atoms with Crippen LogP contribution in [0.15, 0.2) is 23.3 Å². The molecule has 3 fully saturated rings. The summed E-state index contributed by atoms with van der Waals surface area (Å²) in [5.41, 5.74) is 2.14. The van der Waals surface area contributed by atoms with Crippen molar-refractivity contribution in [2.75, 3.05) is 39.6 Å². The molecule has 3 aliphatic rings. The second-order valence-corrected chi connectivity index (χ2v) is 11.3. The average Bonchev–Trinajstić information content (AvgIpc) is 3.03. The molecular formula is C30H50O6. The second kappa shape index (κ2) is 15.4. The zero-order valence-corrected chi connectivity index (χ0v) is 23.2. The summed E-state index contributed by atoms with van der Waals surface area (Å²) in [7, 11) is 0. The van der Waals surface area contributed by atoms with Crippen molar-refractivity contribution < 1.29 is 28.5 Å². The fourth-order valence-electron chi connectivity index (χ4n) is 5.27. The molecule has 0 aromatic carbocycles. The Kier molecular flexibility index (Phi) is 12.6. The molecule has 3 atom stereocenters. The SMILES string of the molecule is CC(C)=CCC(=O)C(C)CCC[C@]1(C)OC/C(=C/COC2CCOCC2)CC[C@H]1OC1CCOCC1. The largest absolute Gasteiger partial charge is 0.381 e. The van der Waals surface area contributed by atoms with E-state index in [1.165, 1.54) is 11.1 Å². The first kappa shape index (κ1) is 29.5. The molecule has 0 aromatic heterocycles. The van der Waals surface area contributed by atoms with E-state index in [9.17, 15) is 4.79 Å². The van der Waals surface area contributed by atoms with E-state index in [1.807, 2.05) is 19.9 Å². The molecule has 3 saturated heterocycles. The molecule has 0 radical (unpaired) electrons. The molecule has 0 saturated carbocycles. The van der Waals surface area contributed by atoms with Gasteiger partial charge in [-0.15, -0.1) is 0 Å². The van der Waals surface area contributed by atoms with Gasteiger partial charge in [-0.1, -0.05) is 24.6 Å². The quantitative estimate of drug-likeness (QED) is 0.304. The topological polar surface area (TPSA) is 63.2 Å². The maximum Gasteiger partial charge on any atom is 0.139 e. The highest BCUT2D eigenvalue weighted by molar-refractivity contribution is 5.82. The summed E-state index contributed by atoms with van der Waals surface area (Å²) in [6.07, 6.45) is 13.9. The van der Waals surface area contributed by atoms with E-state index in [1.54, 1.807) is 0 Å². The summed E-state index contributed by atoms with van der Waals surface area (Å²) in [4.78, 5) is 12.5. The van der Waals surface area contributed by atoms with Gasteiger partial charge in [-0.2, -0.15) is 0 Å². The lowest BCUT2D eigenvalue weighted by molar-refractivity contribution is -0.165. The predicted molar refractivity (Wildman–Crippen MR) is 142 cm³/mol. The first-order valence-corrected chi connectivity index (χ1v) is 14.3. The fourth-order valence-corrected chi connectivity index (χ4v) is 5.27. The maximum atomic E-state index is 12.5. The van der Waals surface area contributed by atoms with Gasteiger partial charge in [-0.25, -0.2) is 0 Å². The van der Waals surface area contributed by atoms with Gasteiger partial charge in [0.05, 0.1) is 37.1 Å². The van der Waals surface area contributed by atoms with Crippen molar-refractivity contribution in [1.29, 1.82) is 0 Å². The Hall–Kier alpha value is -1.05. The molecule has 0 aliphatic carbocycles. The molecule has 0 spiro atoms. The van der Waals surface area contributed by atoms with Gasteiger partial charge in [-0.05, 0) is 84.1 Å². The first-order chi connectivity index (χ1) is 17.4. The van der Waals surface area contributed by atoms with Crippen molar-refractivity contribution in [3.63, 3.8) is 0 Å². The van der Waals surface area contributed by atoms with Crippen molar-refractivity contribution >= 4 is 5.78 Å². The Morgan fingerprint density at radius 1 is 1.06 bits per heavy atom. The monoisotopic (exact) mass is 506 g/mol.